The molecule has 0 atom stereocenters. The van der Waals surface area contributed by atoms with Crippen molar-refractivity contribution < 1.29 is 13.0 Å². The minimum Gasteiger partial charge on any atom is -0.282 e. The van der Waals surface area contributed by atoms with Crippen molar-refractivity contribution in [2.75, 3.05) is 0 Å². The molecule has 0 saturated heterocycles. The lowest BCUT2D eigenvalue weighted by Crippen LogP contribution is -1.98. The lowest BCUT2D eigenvalue weighted by Gasteiger charge is -2.05. The standard InChI is InChI=1S/C20H20O3S4/c21-27(22,23)17-13-11-15(12-14-17)7-3-1-6-10-18-19(25-26-20(18)24)16-8-4-2-5-9-16/h2,4-5,8-9,11-14H,1,3,6-7,10H2,(H,21,22,23). The second kappa shape index (κ2) is 9.21. The van der Waals surface area contributed by atoms with Gasteiger partial charge < -0.3 is 0 Å². The van der Waals surface area contributed by atoms with Crippen LogP contribution in [0.1, 0.15) is 30.4 Å². The van der Waals surface area contributed by atoms with Crippen LogP contribution in [0, 0.1) is 3.82 Å². The third kappa shape index (κ3) is 5.56. The topological polar surface area (TPSA) is 54.4 Å². The Labute approximate surface area is 172 Å². The summed E-state index contributed by atoms with van der Waals surface area (Å²) in [5, 5.41) is 0. The Bertz CT molecular complexity index is 1030. The molecule has 0 fully saturated rings. The Hall–Kier alpha value is -1.38. The quantitative estimate of drug-likeness (QED) is 0.192. The normalized spacial score (nSPS) is 11.6. The average Bonchev–Trinajstić information content (AvgIpc) is 3.02. The van der Waals surface area contributed by atoms with Crippen LogP contribution < -0.4 is 0 Å². The van der Waals surface area contributed by atoms with Crippen molar-refractivity contribution in [3.8, 4) is 10.4 Å². The highest BCUT2D eigenvalue weighted by molar-refractivity contribution is 7.85. The fourth-order valence-corrected chi connectivity index (χ4v) is 6.43. The molecule has 0 aliphatic rings. The molecule has 3 nitrogen and oxygen atoms in total. The molecular formula is C20H20O3S4. The lowest BCUT2D eigenvalue weighted by molar-refractivity contribution is 0.483. The first-order chi connectivity index (χ1) is 12.9. The van der Waals surface area contributed by atoms with Crippen LogP contribution >= 0.6 is 32.9 Å². The predicted molar refractivity (Wildman–Crippen MR) is 116 cm³/mol. The van der Waals surface area contributed by atoms with Crippen LogP contribution in [0.25, 0.3) is 10.4 Å². The van der Waals surface area contributed by atoms with Crippen LogP contribution in [-0.4, -0.2) is 13.0 Å². The summed E-state index contributed by atoms with van der Waals surface area (Å²) in [5.74, 6) is 0. The van der Waals surface area contributed by atoms with Gasteiger partial charge in [-0.2, -0.15) is 8.42 Å². The number of rotatable bonds is 8. The van der Waals surface area contributed by atoms with E-state index in [-0.39, 0.29) is 4.90 Å². The van der Waals surface area contributed by atoms with Gasteiger partial charge in [0.15, 0.2) is 0 Å². The molecule has 0 spiro atoms. The molecule has 2 aromatic carbocycles. The molecule has 0 bridgehead atoms. The van der Waals surface area contributed by atoms with Crippen LogP contribution in [0.2, 0.25) is 0 Å². The molecule has 3 rings (SSSR count). The molecular weight excluding hydrogens is 416 g/mol. The summed E-state index contributed by atoms with van der Waals surface area (Å²) >= 11 is 5.53. The van der Waals surface area contributed by atoms with Crippen molar-refractivity contribution in [3.63, 3.8) is 0 Å². The second-order valence-electron chi connectivity index (χ2n) is 6.31. The molecule has 1 aromatic heterocycles. The monoisotopic (exact) mass is 436 g/mol. The molecule has 0 unspecified atom stereocenters. The number of hydrogen-bond acceptors (Lipinski definition) is 5. The average molecular weight is 437 g/mol. The summed E-state index contributed by atoms with van der Waals surface area (Å²) in [4.78, 5) is 1.24. The van der Waals surface area contributed by atoms with E-state index in [0.717, 1.165) is 41.5 Å². The summed E-state index contributed by atoms with van der Waals surface area (Å²) in [6, 6.07) is 16.8. The molecule has 27 heavy (non-hydrogen) atoms. The van der Waals surface area contributed by atoms with Crippen LogP contribution in [0.5, 0.6) is 0 Å². The van der Waals surface area contributed by atoms with Gasteiger partial charge in [0.1, 0.15) is 3.82 Å². The van der Waals surface area contributed by atoms with Crippen molar-refractivity contribution in [1.29, 1.82) is 0 Å². The highest BCUT2D eigenvalue weighted by atomic mass is 32.9. The van der Waals surface area contributed by atoms with Crippen LogP contribution in [0.4, 0.5) is 0 Å². The molecule has 0 saturated carbocycles. The van der Waals surface area contributed by atoms with Gasteiger partial charge in [-0.1, -0.05) is 81.8 Å². The molecule has 0 aliphatic heterocycles. The fourth-order valence-electron chi connectivity index (χ4n) is 2.94. The number of aryl methyl sites for hydroxylation is 1. The van der Waals surface area contributed by atoms with Gasteiger partial charge in [-0.15, -0.1) is 0 Å². The molecule has 3 aromatic rings. The first kappa shape index (κ1) is 20.4. The van der Waals surface area contributed by atoms with Crippen molar-refractivity contribution in [2.24, 2.45) is 0 Å². The molecule has 0 aliphatic carbocycles. The lowest BCUT2D eigenvalue weighted by atomic mass is 10.0. The number of unbranched alkanes of at least 4 members (excludes halogenated alkanes) is 2. The highest BCUT2D eigenvalue weighted by Gasteiger charge is 2.11. The molecule has 7 heteroatoms. The zero-order valence-electron chi connectivity index (χ0n) is 14.6. The van der Waals surface area contributed by atoms with Gasteiger partial charge >= 0.3 is 0 Å². The Kier molecular flexibility index (Phi) is 6.94. The maximum atomic E-state index is 11.1. The van der Waals surface area contributed by atoms with E-state index >= 15 is 0 Å². The van der Waals surface area contributed by atoms with E-state index in [4.69, 9.17) is 16.8 Å². The van der Waals surface area contributed by atoms with Crippen molar-refractivity contribution in [3.05, 3.63) is 69.5 Å². The van der Waals surface area contributed by atoms with Gasteiger partial charge in [-0.3, -0.25) is 4.55 Å². The largest absolute Gasteiger partial charge is 0.294 e. The van der Waals surface area contributed by atoms with Gasteiger partial charge in [0, 0.05) is 0 Å². The minimum absolute atomic E-state index is 0.0589. The summed E-state index contributed by atoms with van der Waals surface area (Å²) < 4.78 is 32.1. The Morgan fingerprint density at radius 1 is 0.852 bits per heavy atom. The second-order valence-corrected chi connectivity index (χ2v) is 10.5. The maximum absolute atomic E-state index is 11.1. The van der Waals surface area contributed by atoms with Crippen molar-refractivity contribution in [1.82, 2.24) is 0 Å². The third-order valence-electron chi connectivity index (χ3n) is 4.37. The van der Waals surface area contributed by atoms with E-state index in [1.807, 2.05) is 6.07 Å². The van der Waals surface area contributed by atoms with E-state index in [1.165, 1.54) is 28.1 Å². The van der Waals surface area contributed by atoms with E-state index < -0.39 is 10.1 Å². The summed E-state index contributed by atoms with van der Waals surface area (Å²) in [5.41, 5.74) is 3.61. The predicted octanol–water partition coefficient (Wildman–Crippen LogP) is 6.41. The first-order valence-corrected chi connectivity index (χ1v) is 12.7. The van der Waals surface area contributed by atoms with E-state index in [1.54, 1.807) is 32.8 Å². The van der Waals surface area contributed by atoms with Crippen molar-refractivity contribution >= 4 is 43.0 Å². The number of hydrogen-bond donors (Lipinski definition) is 1. The Morgan fingerprint density at radius 3 is 2.19 bits per heavy atom. The number of benzene rings is 2. The molecule has 0 amide bonds. The van der Waals surface area contributed by atoms with Crippen LogP contribution in [0.15, 0.2) is 59.5 Å². The van der Waals surface area contributed by atoms with Gasteiger partial charge in [-0.25, -0.2) is 0 Å². The van der Waals surface area contributed by atoms with Crippen molar-refractivity contribution in [2.45, 2.75) is 37.0 Å². The van der Waals surface area contributed by atoms with Gasteiger partial charge in [0.25, 0.3) is 10.1 Å². The third-order valence-corrected chi connectivity index (χ3v) is 8.43. The summed E-state index contributed by atoms with van der Waals surface area (Å²) in [6.07, 6.45) is 5.08. The van der Waals surface area contributed by atoms with Gasteiger partial charge in [0.05, 0.1) is 9.77 Å². The fraction of sp³-hybridized carbons (Fsp3) is 0.250. The van der Waals surface area contributed by atoms with E-state index in [2.05, 4.69) is 24.3 Å². The smallest absolute Gasteiger partial charge is 0.282 e. The molecule has 1 N–H and O–H groups in total. The highest BCUT2D eigenvalue weighted by Crippen LogP contribution is 2.35. The zero-order chi connectivity index (χ0) is 19.3. The van der Waals surface area contributed by atoms with Gasteiger partial charge in [0.2, 0.25) is 0 Å². The molecule has 1 heterocycles. The Morgan fingerprint density at radius 2 is 1.52 bits per heavy atom. The SMILES string of the molecule is O=S(=O)(O)c1ccc(CCCCCc2c(-c3ccccc3)ssc2=S)cc1. The molecule has 0 radical (unpaired) electrons. The summed E-state index contributed by atoms with van der Waals surface area (Å²) in [6.45, 7) is 0. The zero-order valence-corrected chi connectivity index (χ0v) is 17.9. The van der Waals surface area contributed by atoms with Gasteiger partial charge in [-0.05, 0) is 54.5 Å². The van der Waals surface area contributed by atoms with Crippen LogP contribution in [-0.2, 0) is 23.0 Å². The first-order valence-electron chi connectivity index (χ1n) is 8.69. The maximum Gasteiger partial charge on any atom is 0.294 e. The Balaban J connectivity index is 1.51. The minimum atomic E-state index is -4.11. The summed E-state index contributed by atoms with van der Waals surface area (Å²) in [7, 11) is -0.675. The van der Waals surface area contributed by atoms with Crippen LogP contribution in [0.3, 0.4) is 0 Å². The van der Waals surface area contributed by atoms with E-state index in [0.29, 0.717) is 0 Å². The molecule has 142 valence electrons. The van der Waals surface area contributed by atoms with E-state index in [9.17, 15) is 8.42 Å².